The molecule has 25 heavy (non-hydrogen) atoms. The molecule has 1 aromatic carbocycles. The van der Waals surface area contributed by atoms with E-state index in [1.165, 1.54) is 22.9 Å². The van der Waals surface area contributed by atoms with E-state index in [4.69, 9.17) is 4.74 Å². The van der Waals surface area contributed by atoms with Crippen LogP contribution in [0.5, 0.6) is 0 Å². The Balaban J connectivity index is 1.75. The van der Waals surface area contributed by atoms with Crippen molar-refractivity contribution < 1.29 is 14.1 Å². The van der Waals surface area contributed by atoms with Crippen LogP contribution in [0.25, 0.3) is 0 Å². The molecule has 0 fully saturated rings. The molecular formula is C17H16FN3O3S. The van der Waals surface area contributed by atoms with Gasteiger partial charge in [0.15, 0.2) is 5.82 Å². The molecule has 0 spiro atoms. The second-order valence-electron chi connectivity index (χ2n) is 5.39. The fourth-order valence-corrected chi connectivity index (χ4v) is 3.36. The Bertz CT molecular complexity index is 847. The number of halogens is 1. The molecule has 8 heteroatoms. The topological polar surface area (TPSA) is 70.2 Å². The zero-order chi connectivity index (χ0) is 17.8. The van der Waals surface area contributed by atoms with Crippen LogP contribution in [0, 0.1) is 22.9 Å². The predicted molar refractivity (Wildman–Crippen MR) is 92.1 cm³/mol. The second-order valence-corrected chi connectivity index (χ2v) is 6.37. The van der Waals surface area contributed by atoms with Crippen LogP contribution in [0.4, 0.5) is 10.2 Å². The average molecular weight is 361 g/mol. The highest BCUT2D eigenvalue weighted by Gasteiger charge is 2.20. The van der Waals surface area contributed by atoms with E-state index < -0.39 is 4.92 Å². The summed E-state index contributed by atoms with van der Waals surface area (Å²) in [7, 11) is 0. The number of aryl methyl sites for hydroxylation is 1. The molecule has 0 bridgehead atoms. The Morgan fingerprint density at radius 2 is 2.12 bits per heavy atom. The number of thiophene rings is 1. The molecular weight excluding hydrogens is 345 g/mol. The SMILES string of the molecule is Cc1ncc([N+](=O)[O-])n1CCOC(c1ccc(F)cc1)c1cccs1. The summed E-state index contributed by atoms with van der Waals surface area (Å²) in [5, 5.41) is 13.0. The Morgan fingerprint density at radius 3 is 2.76 bits per heavy atom. The van der Waals surface area contributed by atoms with Gasteiger partial charge in [-0.15, -0.1) is 11.3 Å². The van der Waals surface area contributed by atoms with Gasteiger partial charge < -0.3 is 14.9 Å². The monoisotopic (exact) mass is 361 g/mol. The molecule has 0 radical (unpaired) electrons. The predicted octanol–water partition coefficient (Wildman–Crippen LogP) is 4.11. The van der Waals surface area contributed by atoms with E-state index in [1.54, 1.807) is 30.4 Å². The van der Waals surface area contributed by atoms with E-state index >= 15 is 0 Å². The van der Waals surface area contributed by atoms with Gasteiger partial charge in [-0.1, -0.05) is 18.2 Å². The van der Waals surface area contributed by atoms with Crippen molar-refractivity contribution in [1.29, 1.82) is 0 Å². The minimum Gasteiger partial charge on any atom is -0.364 e. The molecule has 0 saturated heterocycles. The van der Waals surface area contributed by atoms with Crippen LogP contribution < -0.4 is 0 Å². The van der Waals surface area contributed by atoms with Gasteiger partial charge in [0.2, 0.25) is 0 Å². The van der Waals surface area contributed by atoms with Crippen molar-refractivity contribution in [3.05, 3.63) is 80.2 Å². The highest BCUT2D eigenvalue weighted by Crippen LogP contribution is 2.29. The number of rotatable bonds is 7. The molecule has 3 aromatic rings. The van der Waals surface area contributed by atoms with Gasteiger partial charge in [-0.3, -0.25) is 0 Å². The van der Waals surface area contributed by atoms with Crippen LogP contribution in [-0.4, -0.2) is 21.1 Å². The van der Waals surface area contributed by atoms with Gasteiger partial charge in [-0.05, 0) is 34.1 Å². The van der Waals surface area contributed by atoms with Crippen LogP contribution >= 0.6 is 11.3 Å². The minimum atomic E-state index is -0.462. The fourth-order valence-electron chi connectivity index (χ4n) is 2.56. The summed E-state index contributed by atoms with van der Waals surface area (Å²) in [4.78, 5) is 15.5. The molecule has 130 valence electrons. The average Bonchev–Trinajstić information content (AvgIpc) is 3.23. The summed E-state index contributed by atoms with van der Waals surface area (Å²) >= 11 is 1.54. The Kier molecular flexibility index (Phi) is 5.20. The maximum absolute atomic E-state index is 13.2. The molecule has 1 atom stereocenters. The first-order valence-corrected chi connectivity index (χ1v) is 8.51. The molecule has 6 nitrogen and oxygen atoms in total. The molecule has 3 rings (SSSR count). The zero-order valence-electron chi connectivity index (χ0n) is 13.5. The lowest BCUT2D eigenvalue weighted by atomic mass is 10.1. The van der Waals surface area contributed by atoms with E-state index in [9.17, 15) is 14.5 Å². The van der Waals surface area contributed by atoms with Crippen molar-refractivity contribution in [2.75, 3.05) is 6.61 Å². The highest BCUT2D eigenvalue weighted by atomic mass is 32.1. The first kappa shape index (κ1) is 17.2. The maximum Gasteiger partial charge on any atom is 0.342 e. The zero-order valence-corrected chi connectivity index (χ0v) is 14.3. The van der Waals surface area contributed by atoms with E-state index in [0.29, 0.717) is 12.4 Å². The molecule has 0 N–H and O–H groups in total. The summed E-state index contributed by atoms with van der Waals surface area (Å²) in [6, 6.07) is 10.0. The first-order valence-electron chi connectivity index (χ1n) is 7.63. The number of aromatic nitrogens is 2. The summed E-state index contributed by atoms with van der Waals surface area (Å²) < 4.78 is 20.7. The molecule has 2 aromatic heterocycles. The van der Waals surface area contributed by atoms with Gasteiger partial charge in [-0.2, -0.15) is 0 Å². The third-order valence-corrected chi connectivity index (χ3v) is 4.71. The third-order valence-electron chi connectivity index (χ3n) is 3.79. The standard InChI is InChI=1S/C17H16FN3O3S/c1-12-19-11-16(21(22)23)20(12)8-9-24-17(15-3-2-10-25-15)13-4-6-14(18)7-5-13/h2-7,10-11,17H,8-9H2,1H3. The van der Waals surface area contributed by atoms with Gasteiger partial charge >= 0.3 is 5.82 Å². The number of imidazole rings is 1. The van der Waals surface area contributed by atoms with Gasteiger partial charge in [0.1, 0.15) is 24.7 Å². The first-order chi connectivity index (χ1) is 12.1. The molecule has 0 aliphatic heterocycles. The molecule has 0 aliphatic rings. The summed E-state index contributed by atoms with van der Waals surface area (Å²) in [6.07, 6.45) is 0.898. The van der Waals surface area contributed by atoms with Crippen molar-refractivity contribution in [3.63, 3.8) is 0 Å². The quantitative estimate of drug-likeness (QED) is 0.469. The smallest absolute Gasteiger partial charge is 0.342 e. The van der Waals surface area contributed by atoms with Gasteiger partial charge in [0.05, 0.1) is 6.61 Å². The van der Waals surface area contributed by atoms with Crippen molar-refractivity contribution >= 4 is 17.2 Å². The van der Waals surface area contributed by atoms with Crippen molar-refractivity contribution in [2.45, 2.75) is 19.6 Å². The van der Waals surface area contributed by atoms with E-state index in [1.807, 2.05) is 17.5 Å². The number of ether oxygens (including phenoxy) is 1. The van der Waals surface area contributed by atoms with Crippen LogP contribution in [0.15, 0.2) is 48.0 Å². The summed E-state index contributed by atoms with van der Waals surface area (Å²) in [5.74, 6) is 0.193. The third kappa shape index (κ3) is 3.92. The van der Waals surface area contributed by atoms with E-state index in [-0.39, 0.29) is 24.3 Å². The lowest BCUT2D eigenvalue weighted by Crippen LogP contribution is -2.13. The van der Waals surface area contributed by atoms with Gasteiger partial charge in [0.25, 0.3) is 0 Å². The van der Waals surface area contributed by atoms with Crippen molar-refractivity contribution in [2.24, 2.45) is 0 Å². The number of hydrogen-bond donors (Lipinski definition) is 0. The highest BCUT2D eigenvalue weighted by molar-refractivity contribution is 7.10. The minimum absolute atomic E-state index is 0.0597. The summed E-state index contributed by atoms with van der Waals surface area (Å²) in [6.45, 7) is 2.28. The van der Waals surface area contributed by atoms with Crippen molar-refractivity contribution in [1.82, 2.24) is 9.55 Å². The largest absolute Gasteiger partial charge is 0.364 e. The molecule has 0 aliphatic carbocycles. The summed E-state index contributed by atoms with van der Waals surface area (Å²) in [5.41, 5.74) is 0.834. The molecule has 1 unspecified atom stereocenters. The van der Waals surface area contributed by atoms with Crippen LogP contribution in [-0.2, 0) is 11.3 Å². The lowest BCUT2D eigenvalue weighted by Gasteiger charge is -2.17. The van der Waals surface area contributed by atoms with E-state index in [2.05, 4.69) is 4.98 Å². The number of hydrogen-bond acceptors (Lipinski definition) is 5. The van der Waals surface area contributed by atoms with Crippen LogP contribution in [0.2, 0.25) is 0 Å². The van der Waals surface area contributed by atoms with Crippen LogP contribution in [0.1, 0.15) is 22.4 Å². The van der Waals surface area contributed by atoms with Crippen LogP contribution in [0.3, 0.4) is 0 Å². The maximum atomic E-state index is 13.2. The lowest BCUT2D eigenvalue weighted by molar-refractivity contribution is -0.392. The van der Waals surface area contributed by atoms with Gasteiger partial charge in [0, 0.05) is 11.8 Å². The number of benzene rings is 1. The fraction of sp³-hybridized carbons (Fsp3) is 0.235. The Labute approximate surface area is 147 Å². The number of nitrogens with zero attached hydrogens (tertiary/aromatic N) is 3. The Morgan fingerprint density at radius 1 is 1.36 bits per heavy atom. The second kappa shape index (κ2) is 7.54. The van der Waals surface area contributed by atoms with Gasteiger partial charge in [-0.25, -0.2) is 13.9 Å². The number of nitro groups is 1. The van der Waals surface area contributed by atoms with Crippen molar-refractivity contribution in [3.8, 4) is 0 Å². The Hall–Kier alpha value is -2.58. The molecule has 2 heterocycles. The molecule has 0 amide bonds. The normalized spacial score (nSPS) is 12.2. The van der Waals surface area contributed by atoms with E-state index in [0.717, 1.165) is 10.4 Å². The molecule has 0 saturated carbocycles.